The highest BCUT2D eigenvalue weighted by Gasteiger charge is 2.36. The summed E-state index contributed by atoms with van der Waals surface area (Å²) in [5.74, 6) is 0.343. The number of benzene rings is 4. The van der Waals surface area contributed by atoms with E-state index in [4.69, 9.17) is 11.5 Å². The van der Waals surface area contributed by atoms with Crippen molar-refractivity contribution in [3.05, 3.63) is 95.1 Å². The van der Waals surface area contributed by atoms with Gasteiger partial charge in [0.1, 0.15) is 0 Å². The van der Waals surface area contributed by atoms with Gasteiger partial charge in [-0.15, -0.1) is 0 Å². The molecule has 5 rings (SSSR count). The summed E-state index contributed by atoms with van der Waals surface area (Å²) in [6.45, 7) is 2.22. The Bertz CT molecular complexity index is 1190. The predicted molar refractivity (Wildman–Crippen MR) is 118 cm³/mol. The Kier molecular flexibility index (Phi) is 4.01. The van der Waals surface area contributed by atoms with E-state index in [1.165, 1.54) is 38.2 Å². The molecule has 0 spiro atoms. The van der Waals surface area contributed by atoms with Gasteiger partial charge < -0.3 is 11.5 Å². The zero-order chi connectivity index (χ0) is 19.3. The topological polar surface area (TPSA) is 52.0 Å². The van der Waals surface area contributed by atoms with Crippen molar-refractivity contribution >= 4 is 21.5 Å². The standard InChI is InChI=1S/C26H26N2/c1-2-17-7-3-5-9-20(17)19-15-24-23-12-11-18-8-4-6-10-21(18)22(23)13-14-25(24)26(27,28)16-19/h3-14,19H,2,15-16,27-28H2,1H3. The summed E-state index contributed by atoms with van der Waals surface area (Å²) in [6.07, 6.45) is 2.79. The Morgan fingerprint density at radius 3 is 2.43 bits per heavy atom. The Morgan fingerprint density at radius 2 is 1.57 bits per heavy atom. The van der Waals surface area contributed by atoms with Gasteiger partial charge in [0.05, 0.1) is 5.66 Å². The maximum absolute atomic E-state index is 6.69. The highest BCUT2D eigenvalue weighted by molar-refractivity contribution is 6.08. The zero-order valence-electron chi connectivity index (χ0n) is 16.3. The molecular formula is C26H26N2. The van der Waals surface area contributed by atoms with Crippen LogP contribution in [0.15, 0.2) is 72.8 Å². The third-order valence-electron chi connectivity index (χ3n) is 6.45. The van der Waals surface area contributed by atoms with Crippen LogP contribution < -0.4 is 11.5 Å². The maximum atomic E-state index is 6.69. The van der Waals surface area contributed by atoms with Gasteiger partial charge in [-0.3, -0.25) is 0 Å². The largest absolute Gasteiger partial charge is 0.310 e. The minimum Gasteiger partial charge on any atom is -0.310 e. The van der Waals surface area contributed by atoms with Crippen molar-refractivity contribution in [1.82, 2.24) is 0 Å². The molecule has 140 valence electrons. The van der Waals surface area contributed by atoms with Crippen LogP contribution >= 0.6 is 0 Å². The van der Waals surface area contributed by atoms with Gasteiger partial charge in [-0.2, -0.15) is 0 Å². The van der Waals surface area contributed by atoms with E-state index in [2.05, 4.69) is 79.7 Å². The average molecular weight is 367 g/mol. The minimum atomic E-state index is -0.807. The Morgan fingerprint density at radius 1 is 0.821 bits per heavy atom. The fraction of sp³-hybridized carbons (Fsp3) is 0.231. The van der Waals surface area contributed by atoms with Crippen molar-refractivity contribution in [3.63, 3.8) is 0 Å². The number of aryl methyl sites for hydroxylation is 1. The molecule has 4 aromatic rings. The van der Waals surface area contributed by atoms with Crippen molar-refractivity contribution in [2.45, 2.75) is 37.8 Å². The van der Waals surface area contributed by atoms with Crippen molar-refractivity contribution in [2.24, 2.45) is 11.5 Å². The molecule has 0 saturated heterocycles. The predicted octanol–water partition coefficient (Wildman–Crippen LogP) is 5.36. The molecule has 1 aliphatic carbocycles. The molecule has 0 aromatic heterocycles. The lowest BCUT2D eigenvalue weighted by Gasteiger charge is -2.38. The third kappa shape index (κ3) is 2.64. The van der Waals surface area contributed by atoms with Crippen LogP contribution in [-0.2, 0) is 18.5 Å². The summed E-state index contributed by atoms with van der Waals surface area (Å²) >= 11 is 0. The van der Waals surface area contributed by atoms with Crippen LogP contribution in [0.3, 0.4) is 0 Å². The minimum absolute atomic E-state index is 0.343. The van der Waals surface area contributed by atoms with Crippen LogP contribution in [0, 0.1) is 0 Å². The highest BCUT2D eigenvalue weighted by Crippen LogP contribution is 2.43. The van der Waals surface area contributed by atoms with Crippen molar-refractivity contribution in [3.8, 4) is 0 Å². The molecule has 0 aliphatic heterocycles. The van der Waals surface area contributed by atoms with Crippen molar-refractivity contribution < 1.29 is 0 Å². The molecule has 0 fully saturated rings. The Labute approximate surface area is 166 Å². The number of hydrogen-bond donors (Lipinski definition) is 2. The first-order valence-electron chi connectivity index (χ1n) is 10.2. The fourth-order valence-electron chi connectivity index (χ4n) is 5.12. The molecule has 0 amide bonds. The number of nitrogens with two attached hydrogens (primary N) is 2. The second-order valence-corrected chi connectivity index (χ2v) is 8.17. The number of fused-ring (bicyclic) bond motifs is 5. The van der Waals surface area contributed by atoms with E-state index in [1.54, 1.807) is 0 Å². The van der Waals surface area contributed by atoms with E-state index in [9.17, 15) is 0 Å². The molecular weight excluding hydrogens is 340 g/mol. The van der Waals surface area contributed by atoms with Gasteiger partial charge in [-0.25, -0.2) is 0 Å². The lowest BCUT2D eigenvalue weighted by Crippen LogP contribution is -2.50. The number of hydrogen-bond acceptors (Lipinski definition) is 2. The second-order valence-electron chi connectivity index (χ2n) is 8.17. The normalized spacial score (nSPS) is 18.3. The van der Waals surface area contributed by atoms with Crippen LogP contribution in [0.4, 0.5) is 0 Å². The first-order valence-corrected chi connectivity index (χ1v) is 10.2. The SMILES string of the molecule is CCc1ccccc1C1Cc2c(ccc3c2ccc2ccccc23)C(N)(N)C1. The van der Waals surface area contributed by atoms with E-state index in [0.717, 1.165) is 24.8 Å². The van der Waals surface area contributed by atoms with Gasteiger partial charge in [-0.1, -0.05) is 79.7 Å². The third-order valence-corrected chi connectivity index (χ3v) is 6.45. The van der Waals surface area contributed by atoms with Crippen molar-refractivity contribution in [1.29, 1.82) is 0 Å². The van der Waals surface area contributed by atoms with Gasteiger partial charge >= 0.3 is 0 Å². The average Bonchev–Trinajstić information content (AvgIpc) is 2.72. The number of rotatable bonds is 2. The van der Waals surface area contributed by atoms with E-state index in [0.29, 0.717) is 5.92 Å². The van der Waals surface area contributed by atoms with E-state index in [-0.39, 0.29) is 0 Å². The molecule has 2 nitrogen and oxygen atoms in total. The van der Waals surface area contributed by atoms with Gasteiger partial charge in [0.15, 0.2) is 0 Å². The van der Waals surface area contributed by atoms with Gasteiger partial charge in [0, 0.05) is 0 Å². The molecule has 4 aromatic carbocycles. The second kappa shape index (κ2) is 6.44. The molecule has 1 unspecified atom stereocenters. The zero-order valence-corrected chi connectivity index (χ0v) is 16.3. The molecule has 1 aliphatic rings. The Hall–Kier alpha value is -2.68. The van der Waals surface area contributed by atoms with Crippen LogP contribution in [0.25, 0.3) is 21.5 Å². The molecule has 0 saturated carbocycles. The smallest absolute Gasteiger partial charge is 0.0908 e. The molecule has 4 N–H and O–H groups in total. The molecule has 0 bridgehead atoms. The first-order chi connectivity index (χ1) is 13.6. The first kappa shape index (κ1) is 17.4. The lowest BCUT2D eigenvalue weighted by molar-refractivity contribution is 0.354. The van der Waals surface area contributed by atoms with Crippen molar-refractivity contribution in [2.75, 3.05) is 0 Å². The fourth-order valence-corrected chi connectivity index (χ4v) is 5.12. The van der Waals surface area contributed by atoms with Crippen LogP contribution in [0.2, 0.25) is 0 Å². The summed E-state index contributed by atoms with van der Waals surface area (Å²) < 4.78 is 0. The quantitative estimate of drug-likeness (QED) is 0.371. The maximum Gasteiger partial charge on any atom is 0.0908 e. The summed E-state index contributed by atoms with van der Waals surface area (Å²) in [5.41, 5.74) is 17.8. The van der Waals surface area contributed by atoms with E-state index in [1.807, 2.05) is 0 Å². The lowest BCUT2D eigenvalue weighted by atomic mass is 9.72. The van der Waals surface area contributed by atoms with E-state index < -0.39 is 5.66 Å². The van der Waals surface area contributed by atoms with Crippen LogP contribution in [0.5, 0.6) is 0 Å². The Balaban J connectivity index is 1.73. The van der Waals surface area contributed by atoms with Crippen LogP contribution in [-0.4, -0.2) is 0 Å². The summed E-state index contributed by atoms with van der Waals surface area (Å²) in [6, 6.07) is 26.1. The monoisotopic (exact) mass is 366 g/mol. The molecule has 1 atom stereocenters. The van der Waals surface area contributed by atoms with Gasteiger partial charge in [0.2, 0.25) is 0 Å². The molecule has 0 radical (unpaired) electrons. The summed E-state index contributed by atoms with van der Waals surface area (Å²) in [5, 5.41) is 5.14. The van der Waals surface area contributed by atoms with Crippen LogP contribution in [0.1, 0.15) is 41.5 Å². The molecule has 0 heterocycles. The molecule has 28 heavy (non-hydrogen) atoms. The van der Waals surface area contributed by atoms with Gasteiger partial charge in [0.25, 0.3) is 0 Å². The highest BCUT2D eigenvalue weighted by atomic mass is 15.0. The van der Waals surface area contributed by atoms with E-state index >= 15 is 0 Å². The summed E-state index contributed by atoms with van der Waals surface area (Å²) in [4.78, 5) is 0. The van der Waals surface area contributed by atoms with Gasteiger partial charge in [-0.05, 0) is 69.0 Å². The summed E-state index contributed by atoms with van der Waals surface area (Å²) in [7, 11) is 0. The molecule has 2 heteroatoms.